The topological polar surface area (TPSA) is 59.3 Å². The number of aromatic nitrogens is 4. The Hall–Kier alpha value is -2.93. The molecule has 4 rings (SSSR count). The van der Waals surface area contributed by atoms with Gasteiger partial charge in [0.25, 0.3) is 0 Å². The number of methoxy groups -OCH3 is 1. The van der Waals surface area contributed by atoms with Gasteiger partial charge in [-0.05, 0) is 61.4 Å². The van der Waals surface area contributed by atoms with E-state index in [1.165, 1.54) is 16.8 Å². The highest BCUT2D eigenvalue weighted by Gasteiger charge is 2.33. The first kappa shape index (κ1) is 21.3. The summed E-state index contributed by atoms with van der Waals surface area (Å²) in [4.78, 5) is 4.97. The lowest BCUT2D eigenvalue weighted by Crippen LogP contribution is -2.48. The van der Waals surface area contributed by atoms with Crippen LogP contribution in [0.4, 0.5) is 5.69 Å². The normalized spacial score (nSPS) is 16.0. The molecule has 7 heteroatoms. The molecule has 1 aromatic heterocycles. The first-order valence-electron chi connectivity index (χ1n) is 11.0. The van der Waals surface area contributed by atoms with Crippen molar-refractivity contribution in [3.63, 3.8) is 0 Å². The van der Waals surface area contributed by atoms with Crippen LogP contribution in [0.25, 0.3) is 0 Å². The lowest BCUT2D eigenvalue weighted by molar-refractivity contribution is 0.195. The molecule has 1 aliphatic heterocycles. The summed E-state index contributed by atoms with van der Waals surface area (Å²) in [5.74, 6) is 1.72. The fourth-order valence-corrected chi connectivity index (χ4v) is 4.44. The van der Waals surface area contributed by atoms with Crippen molar-refractivity contribution in [1.82, 2.24) is 25.1 Å². The molecule has 0 unspecified atom stereocenters. The van der Waals surface area contributed by atoms with Crippen LogP contribution >= 0.6 is 0 Å². The Labute approximate surface area is 184 Å². The molecular weight excluding hydrogens is 388 g/mol. The molecule has 0 spiro atoms. The van der Waals surface area contributed by atoms with Crippen molar-refractivity contribution in [2.24, 2.45) is 0 Å². The highest BCUT2D eigenvalue weighted by atomic mass is 16.5. The molecule has 31 heavy (non-hydrogen) atoms. The molecule has 0 radical (unpaired) electrons. The van der Waals surface area contributed by atoms with E-state index in [9.17, 15) is 0 Å². The fraction of sp³-hybridized carbons (Fsp3) is 0.458. The van der Waals surface area contributed by atoms with E-state index in [1.807, 2.05) is 16.8 Å². The van der Waals surface area contributed by atoms with Crippen molar-refractivity contribution in [2.45, 2.75) is 39.8 Å². The number of hydrogen-bond acceptors (Lipinski definition) is 6. The predicted octanol–water partition coefficient (Wildman–Crippen LogP) is 3.79. The molecule has 1 saturated heterocycles. The third-order valence-electron chi connectivity index (χ3n) is 6.28. The summed E-state index contributed by atoms with van der Waals surface area (Å²) in [5.41, 5.74) is 5.13. The number of aryl methyl sites for hydroxylation is 1. The van der Waals surface area contributed by atoms with Gasteiger partial charge < -0.3 is 9.64 Å². The monoisotopic (exact) mass is 420 g/mol. The summed E-state index contributed by atoms with van der Waals surface area (Å²) in [6.45, 7) is 12.4. The standard InChI is InChI=1S/C24H32N6O/c1-17(2)30-24(25-26-27-30)23(20-10-6-7-12-22(20)31-5)29-15-13-28(14-16-29)21-11-8-9-18(3)19(21)4/h6-12,17,23H,13-16H2,1-5H3/t23-/m0/s1. The summed E-state index contributed by atoms with van der Waals surface area (Å²) in [7, 11) is 1.72. The molecule has 7 nitrogen and oxygen atoms in total. The number of piperazine rings is 1. The lowest BCUT2D eigenvalue weighted by Gasteiger charge is -2.40. The quantitative estimate of drug-likeness (QED) is 0.605. The molecule has 1 atom stereocenters. The van der Waals surface area contributed by atoms with Crippen LogP contribution in [0.3, 0.4) is 0 Å². The van der Waals surface area contributed by atoms with Crippen LogP contribution in [0.5, 0.6) is 5.75 Å². The number of benzene rings is 2. The van der Waals surface area contributed by atoms with Gasteiger partial charge in [0.1, 0.15) is 11.8 Å². The number of ether oxygens (including phenoxy) is 1. The van der Waals surface area contributed by atoms with Crippen LogP contribution in [-0.2, 0) is 0 Å². The zero-order valence-corrected chi connectivity index (χ0v) is 19.1. The van der Waals surface area contributed by atoms with Crippen LogP contribution in [-0.4, -0.2) is 58.4 Å². The minimum absolute atomic E-state index is 0.0608. The van der Waals surface area contributed by atoms with E-state index in [0.717, 1.165) is 43.3 Å². The molecule has 1 aliphatic rings. The van der Waals surface area contributed by atoms with Crippen LogP contribution < -0.4 is 9.64 Å². The van der Waals surface area contributed by atoms with E-state index >= 15 is 0 Å². The van der Waals surface area contributed by atoms with E-state index in [-0.39, 0.29) is 12.1 Å². The largest absolute Gasteiger partial charge is 0.496 e. The van der Waals surface area contributed by atoms with E-state index in [1.54, 1.807) is 7.11 Å². The average molecular weight is 421 g/mol. The first-order valence-corrected chi connectivity index (χ1v) is 11.0. The predicted molar refractivity (Wildman–Crippen MR) is 123 cm³/mol. The summed E-state index contributed by atoms with van der Waals surface area (Å²) in [6, 6.07) is 14.9. The highest BCUT2D eigenvalue weighted by Crippen LogP contribution is 2.35. The molecule has 0 N–H and O–H groups in total. The maximum Gasteiger partial charge on any atom is 0.173 e. The van der Waals surface area contributed by atoms with E-state index in [2.05, 4.69) is 83.4 Å². The smallest absolute Gasteiger partial charge is 0.173 e. The van der Waals surface area contributed by atoms with Crippen molar-refractivity contribution < 1.29 is 4.74 Å². The second kappa shape index (κ2) is 9.06. The van der Waals surface area contributed by atoms with Crippen molar-refractivity contribution >= 4 is 5.69 Å². The SMILES string of the molecule is COc1ccccc1[C@@H](c1nnnn1C(C)C)N1CCN(c2cccc(C)c2C)CC1. The molecule has 164 valence electrons. The van der Waals surface area contributed by atoms with Crippen molar-refractivity contribution in [3.8, 4) is 5.75 Å². The van der Waals surface area contributed by atoms with Gasteiger partial charge in [-0.1, -0.05) is 30.3 Å². The summed E-state index contributed by atoms with van der Waals surface area (Å²) in [5, 5.41) is 12.7. The van der Waals surface area contributed by atoms with Gasteiger partial charge in [-0.2, -0.15) is 0 Å². The van der Waals surface area contributed by atoms with Gasteiger partial charge in [0, 0.05) is 37.4 Å². The Balaban J connectivity index is 1.66. The molecule has 0 amide bonds. The number of tetrazole rings is 1. The lowest BCUT2D eigenvalue weighted by atomic mass is 10.0. The van der Waals surface area contributed by atoms with E-state index in [4.69, 9.17) is 4.74 Å². The molecular formula is C24H32N6O. The molecule has 0 bridgehead atoms. The molecule has 1 fully saturated rings. The molecule has 0 aliphatic carbocycles. The summed E-state index contributed by atoms with van der Waals surface area (Å²) >= 11 is 0. The summed E-state index contributed by atoms with van der Waals surface area (Å²) < 4.78 is 7.64. The number of hydrogen-bond donors (Lipinski definition) is 0. The second-order valence-electron chi connectivity index (χ2n) is 8.46. The minimum Gasteiger partial charge on any atom is -0.496 e. The van der Waals surface area contributed by atoms with Gasteiger partial charge in [0.05, 0.1) is 13.2 Å². The Kier molecular flexibility index (Phi) is 6.23. The maximum atomic E-state index is 5.72. The van der Waals surface area contributed by atoms with Crippen LogP contribution in [0.1, 0.15) is 48.4 Å². The Morgan fingerprint density at radius 2 is 1.68 bits per heavy atom. The van der Waals surface area contributed by atoms with Crippen LogP contribution in [0.15, 0.2) is 42.5 Å². The molecule has 0 saturated carbocycles. The third-order valence-corrected chi connectivity index (χ3v) is 6.28. The van der Waals surface area contributed by atoms with Gasteiger partial charge in [-0.3, -0.25) is 4.90 Å². The zero-order valence-electron chi connectivity index (χ0n) is 19.1. The van der Waals surface area contributed by atoms with E-state index in [0.29, 0.717) is 0 Å². The molecule has 2 heterocycles. The molecule has 3 aromatic rings. The number of anilines is 1. The maximum absolute atomic E-state index is 5.72. The minimum atomic E-state index is -0.0608. The summed E-state index contributed by atoms with van der Waals surface area (Å²) in [6.07, 6.45) is 0. The Bertz CT molecular complexity index is 1020. The number of nitrogens with zero attached hydrogens (tertiary/aromatic N) is 6. The van der Waals surface area contributed by atoms with Gasteiger partial charge in [0.2, 0.25) is 0 Å². The number of rotatable bonds is 6. The average Bonchev–Trinajstić information content (AvgIpc) is 3.27. The Morgan fingerprint density at radius 3 is 2.39 bits per heavy atom. The fourth-order valence-electron chi connectivity index (χ4n) is 4.44. The zero-order chi connectivity index (χ0) is 22.0. The van der Waals surface area contributed by atoms with Crippen LogP contribution in [0, 0.1) is 13.8 Å². The Morgan fingerprint density at radius 1 is 0.935 bits per heavy atom. The van der Waals surface area contributed by atoms with Crippen molar-refractivity contribution in [2.75, 3.05) is 38.2 Å². The second-order valence-corrected chi connectivity index (χ2v) is 8.46. The van der Waals surface area contributed by atoms with Gasteiger partial charge in [-0.25, -0.2) is 4.68 Å². The van der Waals surface area contributed by atoms with Crippen LogP contribution in [0.2, 0.25) is 0 Å². The first-order chi connectivity index (χ1) is 15.0. The highest BCUT2D eigenvalue weighted by molar-refractivity contribution is 5.56. The van der Waals surface area contributed by atoms with Crippen molar-refractivity contribution in [1.29, 1.82) is 0 Å². The van der Waals surface area contributed by atoms with Gasteiger partial charge in [-0.15, -0.1) is 5.10 Å². The number of para-hydroxylation sites is 1. The van der Waals surface area contributed by atoms with E-state index < -0.39 is 0 Å². The third kappa shape index (κ3) is 4.14. The molecule has 2 aromatic carbocycles. The van der Waals surface area contributed by atoms with Gasteiger partial charge >= 0.3 is 0 Å². The van der Waals surface area contributed by atoms with Crippen molar-refractivity contribution in [3.05, 3.63) is 65.0 Å². The van der Waals surface area contributed by atoms with Gasteiger partial charge in [0.15, 0.2) is 5.82 Å².